The minimum atomic E-state index is -0.364. The number of hydrogen-bond donors (Lipinski definition) is 1. The highest BCUT2D eigenvalue weighted by Gasteiger charge is 2.30. The predicted molar refractivity (Wildman–Crippen MR) is 64.3 cm³/mol. The second-order valence-corrected chi connectivity index (χ2v) is 5.40. The van der Waals surface area contributed by atoms with E-state index in [0.29, 0.717) is 26.2 Å². The van der Waals surface area contributed by atoms with Crippen LogP contribution in [0.3, 0.4) is 0 Å². The largest absolute Gasteiger partial charge is 0.396 e. The zero-order valence-corrected chi connectivity index (χ0v) is 10.9. The number of aliphatic hydroxyl groups is 1. The number of nitrogens with zero attached hydrogens (tertiary/aromatic N) is 2. The maximum atomic E-state index is 12.0. The average molecular weight is 242 g/mol. The fourth-order valence-electron chi connectivity index (χ4n) is 1.89. The average Bonchev–Trinajstić information content (AvgIpc) is 2.27. The molecule has 0 atom stereocenters. The zero-order chi connectivity index (χ0) is 13.1. The molecule has 0 aromatic carbocycles. The molecule has 98 valence electrons. The Morgan fingerprint density at radius 1 is 1.06 bits per heavy atom. The molecular weight excluding hydrogens is 220 g/mol. The lowest BCUT2D eigenvalue weighted by Crippen LogP contribution is -2.53. The molecule has 0 unspecified atom stereocenters. The van der Waals surface area contributed by atoms with Crippen molar-refractivity contribution in [3.8, 4) is 0 Å². The third-order valence-electron chi connectivity index (χ3n) is 2.89. The molecule has 0 aromatic rings. The predicted octanol–water partition coefficient (Wildman–Crippen LogP) is 0.0857. The number of carbonyl (C=O) groups is 2. The first-order valence-corrected chi connectivity index (χ1v) is 6.04. The van der Waals surface area contributed by atoms with Gasteiger partial charge in [-0.3, -0.25) is 9.59 Å². The molecule has 5 nitrogen and oxygen atoms in total. The summed E-state index contributed by atoms with van der Waals surface area (Å²) in [6.07, 6.45) is 0.174. The number of rotatable bonds is 2. The summed E-state index contributed by atoms with van der Waals surface area (Å²) in [7, 11) is 0. The van der Waals surface area contributed by atoms with Gasteiger partial charge in [0.2, 0.25) is 11.8 Å². The van der Waals surface area contributed by atoms with Crippen LogP contribution in [0.25, 0.3) is 0 Å². The molecular formula is C12H22N2O3. The fourth-order valence-corrected chi connectivity index (χ4v) is 1.89. The number of hydrogen-bond acceptors (Lipinski definition) is 3. The Kier molecular flexibility index (Phi) is 4.51. The molecule has 1 aliphatic heterocycles. The molecule has 1 N–H and O–H groups in total. The Labute approximate surface area is 102 Å². The second kappa shape index (κ2) is 5.49. The molecule has 0 radical (unpaired) electrons. The Bertz CT molecular complexity index is 289. The maximum Gasteiger partial charge on any atom is 0.228 e. The third-order valence-corrected chi connectivity index (χ3v) is 2.89. The summed E-state index contributed by atoms with van der Waals surface area (Å²) in [5.74, 6) is 0.0992. The van der Waals surface area contributed by atoms with Crippen LogP contribution >= 0.6 is 0 Å². The van der Waals surface area contributed by atoms with Crippen molar-refractivity contribution in [1.29, 1.82) is 0 Å². The first-order chi connectivity index (χ1) is 7.86. The van der Waals surface area contributed by atoms with Crippen molar-refractivity contribution in [2.45, 2.75) is 27.2 Å². The highest BCUT2D eigenvalue weighted by molar-refractivity contribution is 5.82. The van der Waals surface area contributed by atoms with Crippen LogP contribution in [0.1, 0.15) is 27.2 Å². The van der Waals surface area contributed by atoms with Crippen molar-refractivity contribution >= 4 is 11.8 Å². The second-order valence-electron chi connectivity index (χ2n) is 5.40. The summed E-state index contributed by atoms with van der Waals surface area (Å²) in [5, 5.41) is 8.70. The Morgan fingerprint density at radius 2 is 1.53 bits per heavy atom. The molecule has 1 heterocycles. The SMILES string of the molecule is CC(C)(C)C(=O)N1CCN(C(=O)CCO)CC1. The molecule has 1 aliphatic rings. The molecule has 2 amide bonds. The van der Waals surface area contributed by atoms with Crippen LogP contribution in [-0.4, -0.2) is 59.5 Å². The summed E-state index contributed by atoms with van der Waals surface area (Å²) in [6, 6.07) is 0. The van der Waals surface area contributed by atoms with Gasteiger partial charge in [-0.1, -0.05) is 20.8 Å². The van der Waals surface area contributed by atoms with Crippen molar-refractivity contribution in [3.63, 3.8) is 0 Å². The van der Waals surface area contributed by atoms with E-state index in [1.807, 2.05) is 25.7 Å². The van der Waals surface area contributed by atoms with Gasteiger partial charge in [-0.2, -0.15) is 0 Å². The van der Waals surface area contributed by atoms with E-state index in [2.05, 4.69) is 0 Å². The Hall–Kier alpha value is -1.10. The Morgan fingerprint density at radius 3 is 1.94 bits per heavy atom. The first-order valence-electron chi connectivity index (χ1n) is 6.04. The van der Waals surface area contributed by atoms with Crippen molar-refractivity contribution in [3.05, 3.63) is 0 Å². The van der Waals surface area contributed by atoms with Crippen molar-refractivity contribution in [2.75, 3.05) is 32.8 Å². The van der Waals surface area contributed by atoms with Gasteiger partial charge in [0, 0.05) is 38.0 Å². The first kappa shape index (κ1) is 14.0. The molecule has 0 aromatic heterocycles. The van der Waals surface area contributed by atoms with Crippen molar-refractivity contribution < 1.29 is 14.7 Å². The van der Waals surface area contributed by atoms with Gasteiger partial charge >= 0.3 is 0 Å². The van der Waals surface area contributed by atoms with Crippen molar-refractivity contribution in [2.24, 2.45) is 5.41 Å². The lowest BCUT2D eigenvalue weighted by Gasteiger charge is -2.37. The van der Waals surface area contributed by atoms with Crippen LogP contribution in [0.4, 0.5) is 0 Å². The zero-order valence-electron chi connectivity index (χ0n) is 10.9. The van der Waals surface area contributed by atoms with E-state index in [4.69, 9.17) is 5.11 Å². The summed E-state index contributed by atoms with van der Waals surface area (Å²) >= 11 is 0. The van der Waals surface area contributed by atoms with Gasteiger partial charge in [-0.25, -0.2) is 0 Å². The van der Waals surface area contributed by atoms with E-state index in [-0.39, 0.29) is 30.3 Å². The topological polar surface area (TPSA) is 60.9 Å². The number of carbonyl (C=O) groups excluding carboxylic acids is 2. The highest BCUT2D eigenvalue weighted by Crippen LogP contribution is 2.18. The minimum Gasteiger partial charge on any atom is -0.396 e. The molecule has 1 saturated heterocycles. The van der Waals surface area contributed by atoms with Crippen molar-refractivity contribution in [1.82, 2.24) is 9.80 Å². The third kappa shape index (κ3) is 3.70. The lowest BCUT2D eigenvalue weighted by atomic mass is 9.94. The summed E-state index contributed by atoms with van der Waals surface area (Å²) in [6.45, 7) is 7.91. The van der Waals surface area contributed by atoms with Crippen LogP contribution in [0.2, 0.25) is 0 Å². The highest BCUT2D eigenvalue weighted by atomic mass is 16.3. The summed E-state index contributed by atoms with van der Waals surface area (Å²) in [4.78, 5) is 27.1. The van der Waals surface area contributed by atoms with Crippen LogP contribution in [0.15, 0.2) is 0 Å². The Balaban J connectivity index is 2.46. The minimum absolute atomic E-state index is 0.0321. The molecule has 1 fully saturated rings. The van der Waals surface area contributed by atoms with Crippen LogP contribution < -0.4 is 0 Å². The number of aliphatic hydroxyl groups excluding tert-OH is 1. The van der Waals surface area contributed by atoms with E-state index >= 15 is 0 Å². The fraction of sp³-hybridized carbons (Fsp3) is 0.833. The summed E-state index contributed by atoms with van der Waals surface area (Å²) < 4.78 is 0. The maximum absolute atomic E-state index is 12.0. The van der Waals surface area contributed by atoms with Gasteiger partial charge < -0.3 is 14.9 Å². The van der Waals surface area contributed by atoms with E-state index in [1.165, 1.54) is 0 Å². The normalized spacial score (nSPS) is 17.2. The van der Waals surface area contributed by atoms with Crippen LogP contribution in [-0.2, 0) is 9.59 Å². The van der Waals surface area contributed by atoms with E-state index in [1.54, 1.807) is 4.90 Å². The van der Waals surface area contributed by atoms with E-state index in [9.17, 15) is 9.59 Å². The lowest BCUT2D eigenvalue weighted by molar-refractivity contribution is -0.145. The molecule has 5 heteroatoms. The molecule has 0 aliphatic carbocycles. The van der Waals surface area contributed by atoms with Gasteiger partial charge in [-0.05, 0) is 0 Å². The van der Waals surface area contributed by atoms with Gasteiger partial charge in [0.05, 0.1) is 6.61 Å². The van der Waals surface area contributed by atoms with Crippen LogP contribution in [0, 0.1) is 5.41 Å². The quantitative estimate of drug-likeness (QED) is 0.746. The number of piperazine rings is 1. The van der Waals surface area contributed by atoms with Gasteiger partial charge in [0.1, 0.15) is 0 Å². The molecule has 0 bridgehead atoms. The smallest absolute Gasteiger partial charge is 0.228 e. The number of amides is 2. The van der Waals surface area contributed by atoms with E-state index < -0.39 is 0 Å². The molecule has 1 rings (SSSR count). The standard InChI is InChI=1S/C12H22N2O3/c1-12(2,3)11(17)14-7-5-13(6-8-14)10(16)4-9-15/h15H,4-9H2,1-3H3. The van der Waals surface area contributed by atoms with Gasteiger partial charge in [0.15, 0.2) is 0 Å². The summed E-state index contributed by atoms with van der Waals surface area (Å²) in [5.41, 5.74) is -0.364. The molecule has 0 saturated carbocycles. The van der Waals surface area contributed by atoms with Gasteiger partial charge in [0.25, 0.3) is 0 Å². The van der Waals surface area contributed by atoms with Crippen LogP contribution in [0.5, 0.6) is 0 Å². The molecule has 17 heavy (non-hydrogen) atoms. The molecule has 0 spiro atoms. The van der Waals surface area contributed by atoms with Gasteiger partial charge in [-0.15, -0.1) is 0 Å². The van der Waals surface area contributed by atoms with E-state index in [0.717, 1.165) is 0 Å². The monoisotopic (exact) mass is 242 g/mol.